The van der Waals surface area contributed by atoms with Crippen molar-refractivity contribution in [2.45, 2.75) is 18.9 Å². The number of pyridine rings is 1. The smallest absolute Gasteiger partial charge is 0.160 e. The van der Waals surface area contributed by atoms with Crippen molar-refractivity contribution in [3.63, 3.8) is 0 Å². The molecule has 1 rings (SSSR count). The molecule has 0 saturated heterocycles. The summed E-state index contributed by atoms with van der Waals surface area (Å²) in [6.07, 6.45) is 4.29. The van der Waals surface area contributed by atoms with Crippen LogP contribution in [0.3, 0.4) is 0 Å². The van der Waals surface area contributed by atoms with E-state index in [0.29, 0.717) is 12.8 Å². The maximum atomic E-state index is 10.7. The lowest BCUT2D eigenvalue weighted by Crippen LogP contribution is -2.30. The number of hydrazine groups is 1. The summed E-state index contributed by atoms with van der Waals surface area (Å²) in [6, 6.07) is 3.19. The minimum Gasteiger partial charge on any atom is -0.396 e. The molecule has 1 unspecified atom stereocenters. The molecule has 0 radical (unpaired) electrons. The lowest BCUT2D eigenvalue weighted by molar-refractivity contribution is -0.659. The molecule has 88 valence electrons. The summed E-state index contributed by atoms with van der Waals surface area (Å²) in [5, 5.41) is 20.1. The Labute approximate surface area is 93.7 Å². The second-order valence-corrected chi connectivity index (χ2v) is 3.48. The molecule has 6 nitrogen and oxygen atoms in total. The third-order valence-electron chi connectivity index (χ3n) is 2.41. The lowest BCUT2D eigenvalue weighted by atomic mass is 10.0. The Bertz CT molecular complexity index is 331. The molecule has 0 aromatic carbocycles. The molecule has 0 spiro atoms. The molecule has 1 N–H and O–H groups in total. The van der Waals surface area contributed by atoms with Crippen LogP contribution in [0.5, 0.6) is 0 Å². The zero-order valence-corrected chi connectivity index (χ0v) is 9.11. The Balaban J connectivity index is 2.83. The molecule has 1 aromatic rings. The number of nitro groups is 1. The Morgan fingerprint density at radius 1 is 1.69 bits per heavy atom. The first-order chi connectivity index (χ1) is 7.66. The molecule has 0 aliphatic heterocycles. The van der Waals surface area contributed by atoms with Gasteiger partial charge in [0.25, 0.3) is 0 Å². The minimum atomic E-state index is -0.449. The number of aliphatic hydroxyl groups excluding tert-OH is 1. The third kappa shape index (κ3) is 3.16. The van der Waals surface area contributed by atoms with Crippen molar-refractivity contribution in [3.05, 3.63) is 40.2 Å². The maximum Gasteiger partial charge on any atom is 0.160 e. The molecule has 6 heteroatoms. The molecule has 0 fully saturated rings. The van der Waals surface area contributed by atoms with Crippen LogP contribution in [0.1, 0.15) is 24.4 Å². The van der Waals surface area contributed by atoms with Crippen molar-refractivity contribution >= 4 is 0 Å². The van der Waals surface area contributed by atoms with Crippen molar-refractivity contribution in [1.82, 2.24) is 9.99 Å². The van der Waals surface area contributed by atoms with Crippen molar-refractivity contribution < 1.29 is 10.1 Å². The normalized spacial score (nSPS) is 12.1. The molecule has 1 heterocycles. The number of hydrogen-bond donors (Lipinski definition) is 1. The van der Waals surface area contributed by atoms with Crippen LogP contribution in [0, 0.1) is 10.1 Å². The largest absolute Gasteiger partial charge is 0.396 e. The van der Waals surface area contributed by atoms with E-state index in [4.69, 9.17) is 5.11 Å². The highest BCUT2D eigenvalue weighted by Crippen LogP contribution is 2.23. The van der Waals surface area contributed by atoms with Crippen LogP contribution in [0.2, 0.25) is 0 Å². The summed E-state index contributed by atoms with van der Waals surface area (Å²) >= 11 is 0. The molecular formula is C10H15N3O3. The topological polar surface area (TPSA) is 79.5 Å². The van der Waals surface area contributed by atoms with E-state index in [0.717, 1.165) is 10.6 Å². The molecule has 1 atom stereocenters. The average Bonchev–Trinajstić information content (AvgIpc) is 2.30. The van der Waals surface area contributed by atoms with Gasteiger partial charge in [0, 0.05) is 19.0 Å². The van der Waals surface area contributed by atoms with Gasteiger partial charge >= 0.3 is 0 Å². The highest BCUT2D eigenvalue weighted by atomic mass is 16.7. The fourth-order valence-corrected chi connectivity index (χ4v) is 1.54. The minimum absolute atomic E-state index is 0.0301. The van der Waals surface area contributed by atoms with Gasteiger partial charge in [-0.15, -0.1) is 5.01 Å². The molecule has 0 aliphatic rings. The molecule has 1 aromatic heterocycles. The molecule has 0 aliphatic carbocycles. The van der Waals surface area contributed by atoms with E-state index in [1.54, 1.807) is 24.5 Å². The van der Waals surface area contributed by atoms with Crippen LogP contribution in [0.15, 0.2) is 24.5 Å². The first-order valence-electron chi connectivity index (χ1n) is 5.04. The number of hydrogen-bond acceptors (Lipinski definition) is 4. The molecule has 0 amide bonds. The predicted octanol–water partition coefficient (Wildman–Crippen LogP) is 1.02. The average molecular weight is 225 g/mol. The SMILES string of the molecule is CN(C(CCCO)c1cccnc1)[N+](=O)[O-]. The second-order valence-electron chi connectivity index (χ2n) is 3.48. The van der Waals surface area contributed by atoms with Crippen molar-refractivity contribution in [2.24, 2.45) is 0 Å². The Morgan fingerprint density at radius 3 is 2.94 bits per heavy atom. The standard InChI is InChI=1S/C10H15N3O3/c1-12(13(15)16)10(5-3-7-14)9-4-2-6-11-8-9/h2,4,6,8,10,14H,3,5,7H2,1H3. The Kier molecular flexibility index (Phi) is 4.65. The molecular weight excluding hydrogens is 210 g/mol. The highest BCUT2D eigenvalue weighted by molar-refractivity contribution is 5.13. The zero-order chi connectivity index (χ0) is 12.0. The van der Waals surface area contributed by atoms with E-state index in [-0.39, 0.29) is 12.6 Å². The first-order valence-corrected chi connectivity index (χ1v) is 5.04. The highest BCUT2D eigenvalue weighted by Gasteiger charge is 2.23. The van der Waals surface area contributed by atoms with Gasteiger partial charge in [-0.1, -0.05) is 6.07 Å². The molecule has 0 saturated carbocycles. The van der Waals surface area contributed by atoms with E-state index in [1.807, 2.05) is 0 Å². The van der Waals surface area contributed by atoms with Crippen LogP contribution in [0.25, 0.3) is 0 Å². The lowest BCUT2D eigenvalue weighted by Gasteiger charge is -2.20. The monoisotopic (exact) mass is 225 g/mol. The predicted molar refractivity (Wildman–Crippen MR) is 58.1 cm³/mol. The molecule has 0 bridgehead atoms. The molecule has 16 heavy (non-hydrogen) atoms. The fraction of sp³-hybridized carbons (Fsp3) is 0.500. The van der Waals surface area contributed by atoms with E-state index >= 15 is 0 Å². The quantitative estimate of drug-likeness (QED) is 0.577. The summed E-state index contributed by atoms with van der Waals surface area (Å²) in [4.78, 5) is 14.7. The van der Waals surface area contributed by atoms with Gasteiger partial charge < -0.3 is 5.11 Å². The first kappa shape index (κ1) is 12.4. The van der Waals surface area contributed by atoms with Crippen LogP contribution in [-0.2, 0) is 0 Å². The van der Waals surface area contributed by atoms with Crippen LogP contribution in [-0.4, -0.2) is 33.8 Å². The van der Waals surface area contributed by atoms with Gasteiger partial charge in [0.15, 0.2) is 5.03 Å². The zero-order valence-electron chi connectivity index (χ0n) is 9.11. The third-order valence-corrected chi connectivity index (χ3v) is 2.41. The second kappa shape index (κ2) is 6.02. The number of aromatic nitrogens is 1. The maximum absolute atomic E-state index is 10.7. The van der Waals surface area contributed by atoms with Gasteiger partial charge in [-0.05, 0) is 24.5 Å². The number of rotatable bonds is 6. The van der Waals surface area contributed by atoms with E-state index in [2.05, 4.69) is 4.98 Å². The van der Waals surface area contributed by atoms with E-state index in [1.165, 1.54) is 7.05 Å². The van der Waals surface area contributed by atoms with Crippen LogP contribution < -0.4 is 0 Å². The van der Waals surface area contributed by atoms with Crippen molar-refractivity contribution in [1.29, 1.82) is 0 Å². The van der Waals surface area contributed by atoms with Gasteiger partial charge in [-0.2, -0.15) is 0 Å². The summed E-state index contributed by atoms with van der Waals surface area (Å²) in [6.45, 7) is 0.0301. The van der Waals surface area contributed by atoms with E-state index < -0.39 is 5.03 Å². The number of aliphatic hydroxyl groups is 1. The Morgan fingerprint density at radius 2 is 2.44 bits per heavy atom. The summed E-state index contributed by atoms with van der Waals surface area (Å²) in [5.74, 6) is 0. The Hall–Kier alpha value is -1.69. The number of nitrogens with zero attached hydrogens (tertiary/aromatic N) is 3. The van der Waals surface area contributed by atoms with Crippen LogP contribution >= 0.6 is 0 Å². The van der Waals surface area contributed by atoms with Crippen LogP contribution in [0.4, 0.5) is 0 Å². The van der Waals surface area contributed by atoms with Crippen molar-refractivity contribution in [2.75, 3.05) is 13.7 Å². The van der Waals surface area contributed by atoms with E-state index in [9.17, 15) is 10.1 Å². The van der Waals surface area contributed by atoms with Gasteiger partial charge in [-0.25, -0.2) is 10.1 Å². The summed E-state index contributed by atoms with van der Waals surface area (Å²) in [5.41, 5.74) is 0.787. The summed E-state index contributed by atoms with van der Waals surface area (Å²) in [7, 11) is 1.43. The van der Waals surface area contributed by atoms with Gasteiger partial charge in [0.2, 0.25) is 0 Å². The van der Waals surface area contributed by atoms with Crippen molar-refractivity contribution in [3.8, 4) is 0 Å². The van der Waals surface area contributed by atoms with Gasteiger partial charge in [0.05, 0.1) is 7.05 Å². The van der Waals surface area contributed by atoms with Gasteiger partial charge in [-0.3, -0.25) is 4.98 Å². The summed E-state index contributed by atoms with van der Waals surface area (Å²) < 4.78 is 0. The fourth-order valence-electron chi connectivity index (χ4n) is 1.54. The van der Waals surface area contributed by atoms with Gasteiger partial charge in [0.1, 0.15) is 6.04 Å².